The third kappa shape index (κ3) is 4.20. The van der Waals surface area contributed by atoms with Gasteiger partial charge >= 0.3 is 11.4 Å². The lowest BCUT2D eigenvalue weighted by Gasteiger charge is -1.95. The average molecular weight is 140 g/mol. The summed E-state index contributed by atoms with van der Waals surface area (Å²) in [5, 5.41) is 7.97. The van der Waals surface area contributed by atoms with E-state index in [0.29, 0.717) is 6.61 Å². The second-order valence-electron chi connectivity index (χ2n) is 0.858. The lowest BCUT2D eigenvalue weighted by Crippen LogP contribution is -2.01. The quantitative estimate of drug-likeness (QED) is 0.538. The summed E-state index contributed by atoms with van der Waals surface area (Å²) >= 11 is -1.77. The molecule has 0 aromatic heterocycles. The zero-order chi connectivity index (χ0) is 6.41. The van der Waals surface area contributed by atoms with Crippen LogP contribution in [0.15, 0.2) is 0 Å². The SMILES string of the molecule is CCOS(=O)OCO. The monoisotopic (exact) mass is 140 g/mol. The van der Waals surface area contributed by atoms with E-state index in [0.717, 1.165) is 0 Å². The van der Waals surface area contributed by atoms with Gasteiger partial charge in [-0.3, -0.25) is 4.18 Å². The largest absolute Gasteiger partial charge is 0.369 e. The van der Waals surface area contributed by atoms with Gasteiger partial charge in [0, 0.05) is 0 Å². The fourth-order valence-corrected chi connectivity index (χ4v) is 0.520. The highest BCUT2D eigenvalue weighted by Gasteiger charge is 1.93. The van der Waals surface area contributed by atoms with E-state index in [4.69, 9.17) is 5.11 Å². The van der Waals surface area contributed by atoms with Crippen LogP contribution in [-0.2, 0) is 19.7 Å². The Bertz CT molecular complexity index is 65.7. The lowest BCUT2D eigenvalue weighted by atomic mass is 10.9. The summed E-state index contributed by atoms with van der Waals surface area (Å²) in [6.07, 6.45) is 0. The van der Waals surface area contributed by atoms with Crippen molar-refractivity contribution in [1.29, 1.82) is 0 Å². The summed E-state index contributed by atoms with van der Waals surface area (Å²) in [7, 11) is 0. The minimum atomic E-state index is -1.77. The van der Waals surface area contributed by atoms with E-state index >= 15 is 0 Å². The summed E-state index contributed by atoms with van der Waals surface area (Å²) in [6.45, 7) is 1.41. The van der Waals surface area contributed by atoms with Gasteiger partial charge < -0.3 is 5.11 Å². The molecule has 0 aliphatic carbocycles. The topological polar surface area (TPSA) is 55.8 Å². The summed E-state index contributed by atoms with van der Waals surface area (Å²) in [5.41, 5.74) is 0. The Morgan fingerprint density at radius 2 is 2.25 bits per heavy atom. The van der Waals surface area contributed by atoms with Crippen LogP contribution in [0.25, 0.3) is 0 Å². The second-order valence-corrected chi connectivity index (χ2v) is 1.74. The van der Waals surface area contributed by atoms with Crippen LogP contribution >= 0.6 is 0 Å². The van der Waals surface area contributed by atoms with Gasteiger partial charge in [-0.2, -0.15) is 4.21 Å². The zero-order valence-electron chi connectivity index (χ0n) is 4.49. The number of hydrogen-bond donors (Lipinski definition) is 1. The van der Waals surface area contributed by atoms with Crippen LogP contribution in [0, 0.1) is 0 Å². The molecule has 0 aromatic carbocycles. The van der Waals surface area contributed by atoms with Crippen molar-refractivity contribution in [3.8, 4) is 0 Å². The number of hydrogen-bond acceptors (Lipinski definition) is 4. The molecule has 0 saturated carbocycles. The van der Waals surface area contributed by atoms with Crippen LogP contribution in [0.5, 0.6) is 0 Å². The van der Waals surface area contributed by atoms with Crippen molar-refractivity contribution in [3.05, 3.63) is 0 Å². The minimum Gasteiger partial charge on any atom is -0.369 e. The highest BCUT2D eigenvalue weighted by atomic mass is 32.2. The van der Waals surface area contributed by atoms with Gasteiger partial charge in [0.25, 0.3) is 0 Å². The second kappa shape index (κ2) is 5.17. The predicted molar refractivity (Wildman–Crippen MR) is 27.9 cm³/mol. The van der Waals surface area contributed by atoms with Crippen molar-refractivity contribution in [2.24, 2.45) is 0 Å². The number of aliphatic hydroxyl groups excluding tert-OH is 1. The molecule has 0 aliphatic heterocycles. The molecule has 1 N–H and O–H groups in total. The minimum absolute atomic E-state index is 0.312. The lowest BCUT2D eigenvalue weighted by molar-refractivity contribution is 0.0960. The first kappa shape index (κ1) is 8.03. The third-order valence-electron chi connectivity index (χ3n) is 0.363. The molecule has 0 radical (unpaired) electrons. The summed E-state index contributed by atoms with van der Waals surface area (Å²) in [5.74, 6) is 0. The van der Waals surface area contributed by atoms with E-state index in [1.54, 1.807) is 6.92 Å². The van der Waals surface area contributed by atoms with Crippen LogP contribution in [0.1, 0.15) is 6.92 Å². The maximum absolute atomic E-state index is 10.1. The van der Waals surface area contributed by atoms with Crippen LogP contribution in [0.3, 0.4) is 0 Å². The molecule has 1 unspecified atom stereocenters. The Morgan fingerprint density at radius 1 is 1.62 bits per heavy atom. The van der Waals surface area contributed by atoms with Crippen LogP contribution < -0.4 is 0 Å². The summed E-state index contributed by atoms with van der Waals surface area (Å²) < 4.78 is 18.6. The fourth-order valence-electron chi connectivity index (χ4n) is 0.173. The van der Waals surface area contributed by atoms with Crippen LogP contribution in [0.4, 0.5) is 0 Å². The first-order valence-electron chi connectivity index (χ1n) is 2.10. The number of rotatable bonds is 4. The Labute approximate surface area is 50.3 Å². The smallest absolute Gasteiger partial charge is 0.306 e. The molecular formula is C3H8O4S. The molecule has 0 aliphatic rings. The molecular weight excluding hydrogens is 132 g/mol. The highest BCUT2D eigenvalue weighted by molar-refractivity contribution is 7.75. The van der Waals surface area contributed by atoms with Crippen molar-refractivity contribution in [2.75, 3.05) is 13.4 Å². The van der Waals surface area contributed by atoms with E-state index in [1.165, 1.54) is 0 Å². The van der Waals surface area contributed by atoms with Gasteiger partial charge in [-0.15, -0.1) is 0 Å². The van der Waals surface area contributed by atoms with Gasteiger partial charge in [0.15, 0.2) is 6.79 Å². The molecule has 0 fully saturated rings. The Balaban J connectivity index is 3.06. The van der Waals surface area contributed by atoms with E-state index in [-0.39, 0.29) is 0 Å². The van der Waals surface area contributed by atoms with E-state index in [9.17, 15) is 4.21 Å². The average Bonchev–Trinajstić information content (AvgIpc) is 1.68. The Morgan fingerprint density at radius 3 is 2.62 bits per heavy atom. The van der Waals surface area contributed by atoms with E-state index in [1.807, 2.05) is 0 Å². The first-order valence-corrected chi connectivity index (χ1v) is 3.10. The Hall–Kier alpha value is 0.0300. The highest BCUT2D eigenvalue weighted by Crippen LogP contribution is 1.84. The normalized spacial score (nSPS) is 13.8. The van der Waals surface area contributed by atoms with Gasteiger partial charge in [0.05, 0.1) is 6.61 Å². The van der Waals surface area contributed by atoms with Gasteiger partial charge in [0.1, 0.15) is 0 Å². The van der Waals surface area contributed by atoms with Crippen molar-refractivity contribution in [1.82, 2.24) is 0 Å². The molecule has 1 atom stereocenters. The maximum Gasteiger partial charge on any atom is 0.306 e. The van der Waals surface area contributed by atoms with Crippen molar-refractivity contribution in [2.45, 2.75) is 6.92 Å². The van der Waals surface area contributed by atoms with Crippen LogP contribution in [-0.4, -0.2) is 22.7 Å². The molecule has 0 amide bonds. The molecule has 5 heteroatoms. The zero-order valence-corrected chi connectivity index (χ0v) is 5.31. The molecule has 0 saturated heterocycles. The fraction of sp³-hybridized carbons (Fsp3) is 1.00. The molecule has 4 nitrogen and oxygen atoms in total. The van der Waals surface area contributed by atoms with Crippen molar-refractivity contribution in [3.63, 3.8) is 0 Å². The number of aliphatic hydroxyl groups is 1. The van der Waals surface area contributed by atoms with E-state index in [2.05, 4.69) is 8.37 Å². The van der Waals surface area contributed by atoms with Crippen molar-refractivity contribution < 1.29 is 17.7 Å². The molecule has 0 bridgehead atoms. The molecule has 0 rings (SSSR count). The summed E-state index contributed by atoms with van der Waals surface area (Å²) in [4.78, 5) is 0. The Kier molecular flexibility index (Phi) is 5.19. The predicted octanol–water partition coefficient (Wildman–Crippen LogP) is -0.432. The van der Waals surface area contributed by atoms with Gasteiger partial charge in [-0.25, -0.2) is 4.18 Å². The van der Waals surface area contributed by atoms with Gasteiger partial charge in [-0.05, 0) is 6.92 Å². The first-order chi connectivity index (χ1) is 3.81. The third-order valence-corrected chi connectivity index (χ3v) is 1.09. The van der Waals surface area contributed by atoms with Gasteiger partial charge in [-0.1, -0.05) is 0 Å². The molecule has 0 aromatic rings. The molecule has 8 heavy (non-hydrogen) atoms. The standard InChI is InChI=1S/C3H8O4S/c1-2-6-8(5)7-3-4/h4H,2-3H2,1H3. The molecule has 0 spiro atoms. The van der Waals surface area contributed by atoms with E-state index < -0.39 is 18.2 Å². The summed E-state index contributed by atoms with van der Waals surface area (Å²) in [6, 6.07) is 0. The van der Waals surface area contributed by atoms with Crippen LogP contribution in [0.2, 0.25) is 0 Å². The molecule has 0 heterocycles. The van der Waals surface area contributed by atoms with Gasteiger partial charge in [0.2, 0.25) is 0 Å². The molecule has 50 valence electrons. The van der Waals surface area contributed by atoms with Crippen molar-refractivity contribution >= 4 is 11.4 Å². The maximum atomic E-state index is 10.1.